The van der Waals surface area contributed by atoms with Crippen LogP contribution in [0.3, 0.4) is 0 Å². The van der Waals surface area contributed by atoms with Crippen LogP contribution in [0, 0.1) is 0 Å². The molecule has 7 heteroatoms. The zero-order valence-electron chi connectivity index (χ0n) is 15.4. The Morgan fingerprint density at radius 2 is 2.00 bits per heavy atom. The number of ether oxygens (including phenoxy) is 1. The number of hydrogen-bond acceptors (Lipinski definition) is 4. The van der Waals surface area contributed by atoms with Gasteiger partial charge in [-0.3, -0.25) is 9.59 Å². The number of carbonyl (C=O) groups excluding carboxylic acids is 2. The molecule has 1 aliphatic rings. The number of hydrogen-bond donors (Lipinski definition) is 1. The van der Waals surface area contributed by atoms with E-state index < -0.39 is 0 Å². The van der Waals surface area contributed by atoms with Crippen molar-refractivity contribution in [3.05, 3.63) is 30.1 Å². The average Bonchev–Trinajstić information content (AvgIpc) is 3.01. The summed E-state index contributed by atoms with van der Waals surface area (Å²) in [5, 5.41) is 2.98. The van der Waals surface area contributed by atoms with Gasteiger partial charge < -0.3 is 19.5 Å². The van der Waals surface area contributed by atoms with E-state index in [1.54, 1.807) is 0 Å². The van der Waals surface area contributed by atoms with Gasteiger partial charge in [0, 0.05) is 19.5 Å². The first-order chi connectivity index (χ1) is 12.6. The summed E-state index contributed by atoms with van der Waals surface area (Å²) in [7, 11) is 0. The molecule has 1 aromatic heterocycles. The predicted molar refractivity (Wildman–Crippen MR) is 98.6 cm³/mol. The Hall–Kier alpha value is -2.41. The van der Waals surface area contributed by atoms with Gasteiger partial charge in [-0.05, 0) is 25.5 Å². The van der Waals surface area contributed by atoms with E-state index in [9.17, 15) is 9.59 Å². The number of nitrogens with zero attached hydrogens (tertiary/aromatic N) is 3. The predicted octanol–water partition coefficient (Wildman–Crippen LogP) is 1.87. The van der Waals surface area contributed by atoms with E-state index in [4.69, 9.17) is 4.74 Å². The van der Waals surface area contributed by atoms with Crippen LogP contribution in [0.1, 0.15) is 38.6 Å². The van der Waals surface area contributed by atoms with Gasteiger partial charge in [-0.25, -0.2) is 4.98 Å². The third-order valence-corrected chi connectivity index (χ3v) is 4.58. The number of nitrogens with one attached hydrogen (secondary N) is 1. The molecule has 2 aromatic rings. The summed E-state index contributed by atoms with van der Waals surface area (Å²) in [6.45, 7) is 6.47. The Morgan fingerprint density at radius 1 is 1.27 bits per heavy atom. The van der Waals surface area contributed by atoms with Gasteiger partial charge >= 0.3 is 0 Å². The van der Waals surface area contributed by atoms with Crippen LogP contribution in [0.2, 0.25) is 0 Å². The van der Waals surface area contributed by atoms with Crippen molar-refractivity contribution < 1.29 is 14.3 Å². The largest absolute Gasteiger partial charge is 0.378 e. The van der Waals surface area contributed by atoms with Crippen LogP contribution in [0.25, 0.3) is 11.0 Å². The maximum absolute atomic E-state index is 12.7. The van der Waals surface area contributed by atoms with Crippen LogP contribution in [0.4, 0.5) is 0 Å². The maximum Gasteiger partial charge on any atom is 0.242 e. The molecule has 0 spiro atoms. The van der Waals surface area contributed by atoms with Crippen molar-refractivity contribution in [2.24, 2.45) is 0 Å². The Bertz CT molecular complexity index is 780. The molecule has 3 rings (SSSR count). The maximum atomic E-state index is 12.7. The summed E-state index contributed by atoms with van der Waals surface area (Å²) in [4.78, 5) is 31.2. The standard InChI is InChI=1S/C19H26N4O3/c1-3-6-17(24)20-14(2)19-21-15-7-4-5-8-16(15)23(19)13-18(25)22-9-11-26-12-10-22/h4-5,7-8,14H,3,6,9-13H2,1-2H3,(H,20,24). The number of amides is 2. The number of rotatable bonds is 6. The molecule has 1 atom stereocenters. The van der Waals surface area contributed by atoms with Crippen LogP contribution in [-0.2, 0) is 20.9 Å². The molecular weight excluding hydrogens is 332 g/mol. The highest BCUT2D eigenvalue weighted by Crippen LogP contribution is 2.21. The molecule has 1 fully saturated rings. The second-order valence-electron chi connectivity index (χ2n) is 6.58. The lowest BCUT2D eigenvalue weighted by Gasteiger charge is -2.27. The van der Waals surface area contributed by atoms with E-state index in [0.717, 1.165) is 17.5 Å². The van der Waals surface area contributed by atoms with Gasteiger partial charge in [0.1, 0.15) is 12.4 Å². The highest BCUT2D eigenvalue weighted by atomic mass is 16.5. The number of morpholine rings is 1. The van der Waals surface area contributed by atoms with Crippen molar-refractivity contribution in [3.8, 4) is 0 Å². The molecule has 1 aromatic carbocycles. The third kappa shape index (κ3) is 4.04. The molecule has 2 heterocycles. The zero-order chi connectivity index (χ0) is 18.5. The lowest BCUT2D eigenvalue weighted by molar-refractivity contribution is -0.135. The molecule has 1 saturated heterocycles. The summed E-state index contributed by atoms with van der Waals surface area (Å²) in [5.41, 5.74) is 1.73. The fraction of sp³-hybridized carbons (Fsp3) is 0.526. The number of benzene rings is 1. The lowest BCUT2D eigenvalue weighted by Crippen LogP contribution is -2.42. The van der Waals surface area contributed by atoms with Crippen molar-refractivity contribution in [2.45, 2.75) is 39.3 Å². The van der Waals surface area contributed by atoms with E-state index >= 15 is 0 Å². The SMILES string of the molecule is CCCC(=O)NC(C)c1nc2ccccc2n1CC(=O)N1CCOCC1. The monoisotopic (exact) mass is 358 g/mol. The average molecular weight is 358 g/mol. The van der Waals surface area contributed by atoms with E-state index in [1.807, 2.05) is 47.6 Å². The van der Waals surface area contributed by atoms with Crippen molar-refractivity contribution >= 4 is 22.8 Å². The van der Waals surface area contributed by atoms with Crippen LogP contribution in [0.15, 0.2) is 24.3 Å². The molecule has 1 aliphatic heterocycles. The molecule has 2 amide bonds. The van der Waals surface area contributed by atoms with Gasteiger partial charge in [0.05, 0.1) is 30.3 Å². The lowest BCUT2D eigenvalue weighted by atomic mass is 10.2. The molecular formula is C19H26N4O3. The second-order valence-corrected chi connectivity index (χ2v) is 6.58. The minimum Gasteiger partial charge on any atom is -0.378 e. The molecule has 0 radical (unpaired) electrons. The van der Waals surface area contributed by atoms with Gasteiger partial charge in [-0.2, -0.15) is 0 Å². The van der Waals surface area contributed by atoms with Crippen LogP contribution in [-0.4, -0.2) is 52.6 Å². The fourth-order valence-corrected chi connectivity index (χ4v) is 3.24. The van der Waals surface area contributed by atoms with Crippen molar-refractivity contribution in [1.29, 1.82) is 0 Å². The fourth-order valence-electron chi connectivity index (χ4n) is 3.24. The summed E-state index contributed by atoms with van der Waals surface area (Å²) < 4.78 is 7.24. The van der Waals surface area contributed by atoms with Gasteiger partial charge in [0.15, 0.2) is 0 Å². The topological polar surface area (TPSA) is 76.5 Å². The van der Waals surface area contributed by atoms with E-state index in [2.05, 4.69) is 10.3 Å². The van der Waals surface area contributed by atoms with Gasteiger partial charge in [0.25, 0.3) is 0 Å². The van der Waals surface area contributed by atoms with Gasteiger partial charge in [0.2, 0.25) is 11.8 Å². The van der Waals surface area contributed by atoms with E-state index in [0.29, 0.717) is 38.5 Å². The summed E-state index contributed by atoms with van der Waals surface area (Å²) in [5.74, 6) is 0.750. The summed E-state index contributed by atoms with van der Waals surface area (Å²) in [6.07, 6.45) is 1.28. The minimum absolute atomic E-state index is 0.00175. The van der Waals surface area contributed by atoms with Crippen LogP contribution in [0.5, 0.6) is 0 Å². The zero-order valence-corrected chi connectivity index (χ0v) is 15.4. The van der Waals surface area contributed by atoms with Crippen molar-refractivity contribution in [2.75, 3.05) is 26.3 Å². The molecule has 0 bridgehead atoms. The number of aromatic nitrogens is 2. The highest BCUT2D eigenvalue weighted by molar-refractivity contribution is 5.82. The Kier molecular flexibility index (Phi) is 5.88. The summed E-state index contributed by atoms with van der Waals surface area (Å²) >= 11 is 0. The Labute approximate surface area is 153 Å². The Balaban J connectivity index is 1.86. The van der Waals surface area contributed by atoms with Crippen LogP contribution < -0.4 is 5.32 Å². The first kappa shape index (κ1) is 18.4. The van der Waals surface area contributed by atoms with Gasteiger partial charge in [-0.15, -0.1) is 0 Å². The number of para-hydroxylation sites is 2. The second kappa shape index (κ2) is 8.31. The number of carbonyl (C=O) groups is 2. The van der Waals surface area contributed by atoms with E-state index in [1.165, 1.54) is 0 Å². The molecule has 7 nitrogen and oxygen atoms in total. The summed E-state index contributed by atoms with van der Waals surface area (Å²) in [6, 6.07) is 7.48. The first-order valence-electron chi connectivity index (χ1n) is 9.20. The number of imidazole rings is 1. The quantitative estimate of drug-likeness (QED) is 0.855. The molecule has 0 aliphatic carbocycles. The molecule has 26 heavy (non-hydrogen) atoms. The van der Waals surface area contributed by atoms with Crippen molar-refractivity contribution in [3.63, 3.8) is 0 Å². The third-order valence-electron chi connectivity index (χ3n) is 4.58. The smallest absolute Gasteiger partial charge is 0.242 e. The molecule has 1 N–H and O–H groups in total. The van der Waals surface area contributed by atoms with E-state index in [-0.39, 0.29) is 24.4 Å². The van der Waals surface area contributed by atoms with Gasteiger partial charge in [-0.1, -0.05) is 19.1 Å². The molecule has 1 unspecified atom stereocenters. The minimum atomic E-state index is -0.265. The molecule has 140 valence electrons. The number of fused-ring (bicyclic) bond motifs is 1. The normalized spacial score (nSPS) is 15.8. The Morgan fingerprint density at radius 3 is 2.73 bits per heavy atom. The first-order valence-corrected chi connectivity index (χ1v) is 9.20. The van der Waals surface area contributed by atoms with Crippen molar-refractivity contribution in [1.82, 2.24) is 19.8 Å². The van der Waals surface area contributed by atoms with Crippen LogP contribution >= 0.6 is 0 Å². The molecule has 0 saturated carbocycles. The highest BCUT2D eigenvalue weighted by Gasteiger charge is 2.23.